The lowest BCUT2D eigenvalue weighted by molar-refractivity contribution is 0.215. The summed E-state index contributed by atoms with van der Waals surface area (Å²) < 4.78 is 2.08. The van der Waals surface area contributed by atoms with E-state index in [4.69, 9.17) is 4.98 Å². The van der Waals surface area contributed by atoms with Gasteiger partial charge in [-0.05, 0) is 50.7 Å². The van der Waals surface area contributed by atoms with Gasteiger partial charge in [0.2, 0.25) is 0 Å². The molecule has 1 aliphatic rings. The highest BCUT2D eigenvalue weighted by Crippen LogP contribution is 2.28. The molecule has 0 radical (unpaired) electrons. The van der Waals surface area contributed by atoms with Crippen LogP contribution in [-0.2, 0) is 0 Å². The molecule has 4 aromatic rings. The highest BCUT2D eigenvalue weighted by Gasteiger charge is 2.21. The van der Waals surface area contributed by atoms with E-state index in [2.05, 4.69) is 50.0 Å². The fourth-order valence-electron chi connectivity index (χ4n) is 4.47. The largest absolute Gasteiger partial charge is 0.508 e. The number of pyridine rings is 1. The van der Waals surface area contributed by atoms with Gasteiger partial charge in [-0.15, -0.1) is 0 Å². The van der Waals surface area contributed by atoms with Gasteiger partial charge in [-0.2, -0.15) is 5.10 Å². The second kappa shape index (κ2) is 9.15. The molecule has 1 aromatic carbocycles. The number of fused-ring (bicyclic) bond motifs is 1. The van der Waals surface area contributed by atoms with Crippen LogP contribution in [0.5, 0.6) is 5.75 Å². The Labute approximate surface area is 193 Å². The molecule has 0 saturated carbocycles. The first-order valence-corrected chi connectivity index (χ1v) is 11.4. The number of aromatic nitrogens is 5. The quantitative estimate of drug-likeness (QED) is 0.464. The number of anilines is 1. The van der Waals surface area contributed by atoms with E-state index in [1.165, 1.54) is 0 Å². The number of benzene rings is 1. The van der Waals surface area contributed by atoms with E-state index in [-0.39, 0.29) is 5.92 Å². The molecule has 8 nitrogen and oxygen atoms in total. The average molecular weight is 444 g/mol. The maximum atomic E-state index is 10.1. The molecule has 1 aliphatic heterocycles. The van der Waals surface area contributed by atoms with E-state index >= 15 is 0 Å². The fourth-order valence-corrected chi connectivity index (χ4v) is 4.47. The van der Waals surface area contributed by atoms with Gasteiger partial charge >= 0.3 is 0 Å². The highest BCUT2D eigenvalue weighted by atomic mass is 16.3. The molecule has 0 spiro atoms. The number of para-hydroxylation sites is 1. The molecule has 1 fully saturated rings. The van der Waals surface area contributed by atoms with Crippen LogP contribution in [0.3, 0.4) is 0 Å². The van der Waals surface area contributed by atoms with Crippen LogP contribution in [0, 0.1) is 0 Å². The normalized spacial score (nSPS) is 16.2. The summed E-state index contributed by atoms with van der Waals surface area (Å²) in [5, 5.41) is 19.1. The minimum atomic E-state index is 0.132. The van der Waals surface area contributed by atoms with Crippen molar-refractivity contribution in [3.63, 3.8) is 0 Å². The van der Waals surface area contributed by atoms with Gasteiger partial charge < -0.3 is 15.3 Å². The topological polar surface area (TPSA) is 92.0 Å². The molecule has 0 amide bonds. The van der Waals surface area contributed by atoms with Gasteiger partial charge in [-0.25, -0.2) is 19.6 Å². The summed E-state index contributed by atoms with van der Waals surface area (Å²) >= 11 is 0. The minimum absolute atomic E-state index is 0.132. The predicted molar refractivity (Wildman–Crippen MR) is 129 cm³/mol. The summed E-state index contributed by atoms with van der Waals surface area (Å²) in [6.07, 6.45) is 7.52. The third kappa shape index (κ3) is 4.52. The third-order valence-electron chi connectivity index (χ3n) is 6.49. The van der Waals surface area contributed by atoms with Gasteiger partial charge in [0, 0.05) is 35.7 Å². The van der Waals surface area contributed by atoms with Gasteiger partial charge in [0.05, 0.1) is 17.9 Å². The van der Waals surface area contributed by atoms with Gasteiger partial charge in [0.25, 0.3) is 0 Å². The van der Waals surface area contributed by atoms with E-state index in [1.807, 2.05) is 36.7 Å². The number of piperidine rings is 1. The lowest BCUT2D eigenvalue weighted by Crippen LogP contribution is -2.31. The molecule has 0 aliphatic carbocycles. The van der Waals surface area contributed by atoms with Crippen molar-refractivity contribution in [2.75, 3.05) is 32.0 Å². The molecule has 2 N–H and O–H groups in total. The van der Waals surface area contributed by atoms with E-state index in [1.54, 1.807) is 12.4 Å². The molecular formula is C25H29N7O. The third-order valence-corrected chi connectivity index (χ3v) is 6.49. The van der Waals surface area contributed by atoms with Crippen LogP contribution >= 0.6 is 0 Å². The van der Waals surface area contributed by atoms with Crippen LogP contribution in [0.15, 0.2) is 55.1 Å². The Bertz CT molecular complexity index is 1250. The Morgan fingerprint density at radius 2 is 1.91 bits per heavy atom. The molecule has 33 heavy (non-hydrogen) atoms. The Morgan fingerprint density at radius 1 is 1.09 bits per heavy atom. The van der Waals surface area contributed by atoms with Crippen molar-refractivity contribution in [3.8, 4) is 17.0 Å². The molecule has 1 unspecified atom stereocenters. The Balaban J connectivity index is 1.32. The summed E-state index contributed by atoms with van der Waals surface area (Å²) in [7, 11) is 2.17. The molecule has 4 heterocycles. The summed E-state index contributed by atoms with van der Waals surface area (Å²) in [6, 6.07) is 11.9. The van der Waals surface area contributed by atoms with E-state index in [0.29, 0.717) is 18.3 Å². The van der Waals surface area contributed by atoms with E-state index in [9.17, 15) is 5.11 Å². The van der Waals surface area contributed by atoms with Crippen LogP contribution in [-0.4, -0.2) is 61.4 Å². The minimum Gasteiger partial charge on any atom is -0.508 e. The van der Waals surface area contributed by atoms with E-state index < -0.39 is 0 Å². The van der Waals surface area contributed by atoms with Crippen molar-refractivity contribution in [1.29, 1.82) is 0 Å². The first-order chi connectivity index (χ1) is 16.1. The van der Waals surface area contributed by atoms with Crippen molar-refractivity contribution in [1.82, 2.24) is 29.6 Å². The second-order valence-electron chi connectivity index (χ2n) is 8.89. The lowest BCUT2D eigenvalue weighted by Gasteiger charge is -2.29. The number of likely N-dealkylation sites (tertiary alicyclic amines) is 1. The monoisotopic (exact) mass is 443 g/mol. The summed E-state index contributed by atoms with van der Waals surface area (Å²) in [5.41, 5.74) is 3.58. The van der Waals surface area contributed by atoms with Crippen molar-refractivity contribution in [2.45, 2.75) is 31.7 Å². The number of phenols is 1. The van der Waals surface area contributed by atoms with Crippen molar-refractivity contribution < 1.29 is 5.11 Å². The van der Waals surface area contributed by atoms with Crippen molar-refractivity contribution in [3.05, 3.63) is 60.7 Å². The number of aromatic hydroxyl groups is 1. The predicted octanol–water partition coefficient (Wildman–Crippen LogP) is 4.08. The number of hydrogen-bond acceptors (Lipinski definition) is 7. The first kappa shape index (κ1) is 21.3. The zero-order chi connectivity index (χ0) is 22.8. The number of nitrogens with zero attached hydrogens (tertiary/aromatic N) is 6. The molecule has 170 valence electrons. The van der Waals surface area contributed by atoms with Gasteiger partial charge in [0.1, 0.15) is 17.9 Å². The molecule has 5 rings (SSSR count). The Hall–Kier alpha value is -3.52. The van der Waals surface area contributed by atoms with Crippen LogP contribution in [0.2, 0.25) is 0 Å². The molecule has 8 heteroatoms. The number of nitrogens with one attached hydrogen (secondary N) is 1. The van der Waals surface area contributed by atoms with Crippen LogP contribution in [0.25, 0.3) is 22.3 Å². The SMILES string of the molecule is CC(CNc1cc(-c2cnc3c(cnn3C3CCN(C)CC3)c2)ncn1)c1ccccc1O. The number of rotatable bonds is 6. The molecular weight excluding hydrogens is 414 g/mol. The second-order valence-corrected chi connectivity index (χ2v) is 8.89. The van der Waals surface area contributed by atoms with Crippen LogP contribution < -0.4 is 5.32 Å². The highest BCUT2D eigenvalue weighted by molar-refractivity contribution is 5.80. The lowest BCUT2D eigenvalue weighted by atomic mass is 10.0. The Morgan fingerprint density at radius 3 is 2.73 bits per heavy atom. The van der Waals surface area contributed by atoms with Gasteiger partial charge in [-0.3, -0.25) is 0 Å². The molecule has 1 atom stereocenters. The Kier molecular flexibility index (Phi) is 5.92. The van der Waals surface area contributed by atoms with Gasteiger partial charge in [0.15, 0.2) is 5.65 Å². The zero-order valence-electron chi connectivity index (χ0n) is 19.0. The van der Waals surface area contributed by atoms with Crippen molar-refractivity contribution >= 4 is 16.9 Å². The fraction of sp³-hybridized carbons (Fsp3) is 0.360. The maximum Gasteiger partial charge on any atom is 0.158 e. The average Bonchev–Trinajstić information content (AvgIpc) is 3.27. The number of phenolic OH excluding ortho intramolecular Hbond substituents is 1. The summed E-state index contributed by atoms with van der Waals surface area (Å²) in [6.45, 7) is 4.89. The van der Waals surface area contributed by atoms with Crippen molar-refractivity contribution in [2.24, 2.45) is 0 Å². The number of hydrogen-bond donors (Lipinski definition) is 2. The first-order valence-electron chi connectivity index (χ1n) is 11.4. The zero-order valence-corrected chi connectivity index (χ0v) is 19.0. The summed E-state index contributed by atoms with van der Waals surface area (Å²) in [4.78, 5) is 15.9. The van der Waals surface area contributed by atoms with E-state index in [0.717, 1.165) is 59.6 Å². The standard InChI is InChI=1S/C25H29N7O/c1-17(21-5-3-4-6-23(21)33)13-26-24-12-22(28-16-29-24)18-11-19-15-30-32(25(19)27-14-18)20-7-9-31(2)10-8-20/h3-6,11-12,14-17,20,33H,7-10,13H2,1-2H3,(H,26,28,29). The maximum absolute atomic E-state index is 10.1. The molecule has 1 saturated heterocycles. The smallest absolute Gasteiger partial charge is 0.158 e. The molecule has 3 aromatic heterocycles. The van der Waals surface area contributed by atoms with Crippen LogP contribution in [0.4, 0.5) is 5.82 Å². The summed E-state index contributed by atoms with van der Waals surface area (Å²) in [5.74, 6) is 1.19. The van der Waals surface area contributed by atoms with Gasteiger partial charge in [-0.1, -0.05) is 25.1 Å². The van der Waals surface area contributed by atoms with Crippen LogP contribution in [0.1, 0.15) is 37.3 Å². The molecule has 0 bridgehead atoms.